The van der Waals surface area contributed by atoms with E-state index in [1.807, 2.05) is 0 Å². The van der Waals surface area contributed by atoms with E-state index in [0.29, 0.717) is 0 Å². The van der Waals surface area contributed by atoms with E-state index in [0.717, 1.165) is 0 Å². The van der Waals surface area contributed by atoms with Gasteiger partial charge in [-0.05, 0) is 0 Å². The van der Waals surface area contributed by atoms with Crippen LogP contribution in [0, 0.1) is 163 Å². The Morgan fingerprint density at radius 3 is 0.219 bits per heavy atom. The zero-order valence-electron chi connectivity index (χ0n) is 15.8. The molecule has 0 aromatic heterocycles. The topological polar surface area (TPSA) is 558 Å². The van der Waals surface area contributed by atoms with Gasteiger partial charge in [-0.2, -0.15) is 0 Å². The van der Waals surface area contributed by atoms with Crippen molar-refractivity contribution >= 4 is 0 Å². The summed E-state index contributed by atoms with van der Waals surface area (Å²) in [4.78, 5) is 0. The zero-order chi connectivity index (χ0) is 15.5. The zero-order valence-corrected chi connectivity index (χ0v) is 28.7. The van der Waals surface area contributed by atoms with Gasteiger partial charge in [0, 0.05) is 163 Å². The van der Waals surface area contributed by atoms with Gasteiger partial charge in [-0.3, -0.25) is 0 Å². The minimum Gasteiger partial charge on any atom is -0.412 e. The van der Waals surface area contributed by atoms with Crippen LogP contribution >= 0.6 is 0 Å². The second-order valence-electron chi connectivity index (χ2n) is 2.48. The first-order valence-corrected chi connectivity index (χ1v) is 4.10. The van der Waals surface area contributed by atoms with E-state index in [9.17, 15) is 0 Å². The monoisotopic (exact) mass is 1030 g/mol. The van der Waals surface area contributed by atoms with Crippen LogP contribution in [0.3, 0.4) is 0 Å². The Balaban J connectivity index is -0.00000000577. The first-order valence-electron chi connectivity index (χ1n) is 4.10. The largest absolute Gasteiger partial charge is 0.412 e. The maximum atomic E-state index is 7.69. The van der Waals surface area contributed by atoms with Gasteiger partial charge in [-0.1, -0.05) is 0 Å². The molecule has 0 heterocycles. The van der Waals surface area contributed by atoms with Gasteiger partial charge < -0.3 is 116 Å². The summed E-state index contributed by atoms with van der Waals surface area (Å²) in [6, 6.07) is 0. The fraction of sp³-hybridized carbons (Fsp3) is 1.00. The van der Waals surface area contributed by atoms with Gasteiger partial charge in [0.1, 0.15) is 0 Å². The molecule has 22 nitrogen and oxygen atoms in total. The van der Waals surface area contributed by atoms with Crippen LogP contribution in [0.2, 0.25) is 0 Å². The van der Waals surface area contributed by atoms with Gasteiger partial charge in [-0.15, -0.1) is 0 Å². The summed E-state index contributed by atoms with van der Waals surface area (Å²) in [6.07, 6.45) is -12.2. The third-order valence-electron chi connectivity index (χ3n) is 0.800. The molecule has 0 spiro atoms. The normalized spacial score (nSPS) is 6.19. The Kier molecular flexibility index (Phi) is 315. The second-order valence-corrected chi connectivity index (χ2v) is 2.48. The van der Waals surface area contributed by atoms with E-state index in [2.05, 4.69) is 0 Å². The molecule has 0 aromatic rings. The summed E-state index contributed by atoms with van der Waals surface area (Å²) in [6.45, 7) is 0. The molecule has 0 radical (unpaired) electrons. The number of aliphatic hydroxyl groups is 12. The summed E-state index contributed by atoms with van der Waals surface area (Å²) < 4.78 is 0. The summed E-state index contributed by atoms with van der Waals surface area (Å²) in [5.74, 6) is 0. The number of rotatable bonds is 3. The molecule has 0 aromatic carbocycles. The molecule has 32 N–H and O–H groups in total. The number of aliphatic hydroxyl groups excluding tert-OH is 6. The van der Waals surface area contributed by atoms with Crippen LogP contribution in [0.15, 0.2) is 0 Å². The van der Waals surface area contributed by atoms with Gasteiger partial charge in [0.2, 0.25) is 37.7 Å². The average molecular weight is 1040 g/mol. The Bertz CT molecular complexity index is 130. The molecule has 0 aliphatic carbocycles. The predicted molar refractivity (Wildman–Crippen MR) is 85.5 cm³/mol. The summed E-state index contributed by atoms with van der Waals surface area (Å²) in [7, 11) is 0. The van der Waals surface area contributed by atoms with Crippen molar-refractivity contribution in [3.05, 3.63) is 0 Å². The molecule has 0 amide bonds. The van der Waals surface area contributed by atoms with E-state index in [1.54, 1.807) is 0 Å². The van der Waals surface area contributed by atoms with Gasteiger partial charge in [0.25, 0.3) is 0 Å². The summed E-state index contributed by atoms with van der Waals surface area (Å²) in [5.41, 5.74) is 0. The molecule has 0 aliphatic rings. The predicted octanol–water partition coefficient (Wildman–Crippen LogP) is -15.4. The van der Waals surface area contributed by atoms with Crippen molar-refractivity contribution in [2.24, 2.45) is 0 Å². The van der Waals surface area contributed by atoms with Crippen LogP contribution < -0.4 is 0 Å². The maximum Gasteiger partial charge on any atom is 0.204 e. The Labute approximate surface area is 311 Å². The van der Waals surface area contributed by atoms with Gasteiger partial charge in [0.05, 0.1) is 0 Å². The number of hydrogen-bond donors (Lipinski definition) is 12. The Morgan fingerprint density at radius 2 is 0.219 bits per heavy atom. The average Bonchev–Trinajstić information content (AvgIpc) is 2.18. The van der Waals surface area contributed by atoms with Crippen LogP contribution in [-0.2, 0) is 0 Å². The number of hydrogen-bond acceptors (Lipinski definition) is 12. The van der Waals surface area contributed by atoms with Gasteiger partial charge in [0.15, 0.2) is 0 Å². The second kappa shape index (κ2) is 83.5. The molecule has 0 saturated carbocycles. The smallest absolute Gasteiger partial charge is 0.204 e. The van der Waals surface area contributed by atoms with Crippen LogP contribution in [0.25, 0.3) is 0 Å². The minimum atomic E-state index is -2.04. The van der Waals surface area contributed by atoms with Gasteiger partial charge >= 0.3 is 0 Å². The van der Waals surface area contributed by atoms with E-state index in [4.69, 9.17) is 61.3 Å². The molecule has 0 aliphatic heterocycles. The quantitative estimate of drug-likeness (QED) is 0.117. The fourth-order valence-corrected chi connectivity index (χ4v) is 0. The van der Waals surface area contributed by atoms with Crippen molar-refractivity contribution in [2.75, 3.05) is 0 Å². The van der Waals surface area contributed by atoms with E-state index in [1.165, 1.54) is 0 Å². The van der Waals surface area contributed by atoms with Crippen molar-refractivity contribution < 1.29 is 279 Å². The maximum absolute atomic E-state index is 7.69. The first-order chi connectivity index (χ1) is 7.93. The molecule has 210 valence electrons. The standard InChI is InChI=1S/3C2H6O4.4Nd.10H2O/c3*3-1(4)2(5)6;;;;;;;;;;;;;;/h3*1-6H;;;;;10*1H2. The van der Waals surface area contributed by atoms with Crippen molar-refractivity contribution in [3.63, 3.8) is 0 Å². The molecule has 0 saturated heterocycles. The van der Waals surface area contributed by atoms with Gasteiger partial charge in [-0.25, -0.2) is 0 Å². The SMILES string of the molecule is O.O.O.O.O.O.O.O.O.O.OC(O)C(O)O.OC(O)C(O)O.OC(O)C(O)O.[Nd].[Nd].[Nd].[Nd]. The van der Waals surface area contributed by atoms with Crippen molar-refractivity contribution in [2.45, 2.75) is 37.7 Å². The molecular weight excluding hydrogens is 1000 g/mol. The molecule has 0 fully saturated rings. The molecule has 32 heavy (non-hydrogen) atoms. The van der Waals surface area contributed by atoms with Crippen LogP contribution in [0.5, 0.6) is 0 Å². The molecular formula is C6H38Nd4O22. The summed E-state index contributed by atoms with van der Waals surface area (Å²) in [5, 5.41) is 92.2. The van der Waals surface area contributed by atoms with E-state index < -0.39 is 37.7 Å². The van der Waals surface area contributed by atoms with E-state index in [-0.39, 0.29) is 218 Å². The molecule has 0 bridgehead atoms. The van der Waals surface area contributed by atoms with Crippen molar-refractivity contribution in [1.82, 2.24) is 0 Å². The third-order valence-corrected chi connectivity index (χ3v) is 0.800. The fourth-order valence-electron chi connectivity index (χ4n) is 0. The summed E-state index contributed by atoms with van der Waals surface area (Å²) >= 11 is 0. The Hall–Kier alpha value is 4.52. The molecule has 0 atom stereocenters. The first kappa shape index (κ1) is 121. The van der Waals surface area contributed by atoms with Crippen molar-refractivity contribution in [1.29, 1.82) is 0 Å². The van der Waals surface area contributed by atoms with Crippen LogP contribution in [-0.4, -0.2) is 154 Å². The third kappa shape index (κ3) is 142. The van der Waals surface area contributed by atoms with E-state index >= 15 is 0 Å². The minimum absolute atomic E-state index is 0. The van der Waals surface area contributed by atoms with Crippen LogP contribution in [0.4, 0.5) is 0 Å². The van der Waals surface area contributed by atoms with Crippen molar-refractivity contribution in [3.8, 4) is 0 Å². The molecule has 26 heteroatoms. The Morgan fingerprint density at radius 1 is 0.188 bits per heavy atom. The molecule has 0 unspecified atom stereocenters. The van der Waals surface area contributed by atoms with Crippen LogP contribution in [0.1, 0.15) is 0 Å². The molecule has 0 rings (SSSR count).